The Morgan fingerprint density at radius 1 is 1.35 bits per heavy atom. The van der Waals surface area contributed by atoms with Gasteiger partial charge >= 0.3 is 0 Å². The van der Waals surface area contributed by atoms with E-state index in [1.807, 2.05) is 41.3 Å². The summed E-state index contributed by atoms with van der Waals surface area (Å²) < 4.78 is 7.63. The number of rotatable bonds is 2. The van der Waals surface area contributed by atoms with E-state index in [9.17, 15) is 0 Å². The van der Waals surface area contributed by atoms with Crippen molar-refractivity contribution >= 4 is 0 Å². The van der Waals surface area contributed by atoms with Gasteiger partial charge in [0.2, 0.25) is 0 Å². The number of hydrogen-bond acceptors (Lipinski definition) is 2. The van der Waals surface area contributed by atoms with Gasteiger partial charge in [-0.15, -0.1) is 0 Å². The third-order valence-electron chi connectivity index (χ3n) is 3.07. The van der Waals surface area contributed by atoms with Crippen LogP contribution in [0, 0.1) is 6.07 Å². The third kappa shape index (κ3) is 2.24. The standard InChI is InChI=1S/C14H15N2O/c1-2-6-12(7-3-1)13-10-15-16(11-13)14-8-4-5-9-17-14/h1-3,6,10-11,14H,4-5,8-9H2. The fourth-order valence-corrected chi connectivity index (χ4v) is 2.14. The molecule has 1 aromatic carbocycles. The average molecular weight is 227 g/mol. The Morgan fingerprint density at radius 3 is 3.12 bits per heavy atom. The number of ether oxygens (including phenoxy) is 1. The number of aromatic nitrogens is 2. The van der Waals surface area contributed by atoms with Gasteiger partial charge in [0.15, 0.2) is 0 Å². The molecule has 3 heteroatoms. The topological polar surface area (TPSA) is 27.1 Å². The smallest absolute Gasteiger partial charge is 0.150 e. The van der Waals surface area contributed by atoms with Crippen LogP contribution in [0.4, 0.5) is 0 Å². The summed E-state index contributed by atoms with van der Waals surface area (Å²) in [5, 5.41) is 4.39. The Morgan fingerprint density at radius 2 is 2.35 bits per heavy atom. The Labute approximate surface area is 101 Å². The highest BCUT2D eigenvalue weighted by Crippen LogP contribution is 2.24. The van der Waals surface area contributed by atoms with Crippen LogP contribution in [-0.4, -0.2) is 16.4 Å². The Balaban J connectivity index is 1.83. The molecular formula is C14H15N2O. The SMILES string of the molecule is [c]1ccccc1-c1cnn(C2CCCCO2)c1. The molecule has 3 rings (SSSR count). The van der Waals surface area contributed by atoms with E-state index in [4.69, 9.17) is 4.74 Å². The van der Waals surface area contributed by atoms with E-state index in [1.54, 1.807) is 0 Å². The van der Waals surface area contributed by atoms with Crippen molar-refractivity contribution < 1.29 is 4.74 Å². The Hall–Kier alpha value is -1.61. The van der Waals surface area contributed by atoms with Crippen LogP contribution in [0.25, 0.3) is 11.1 Å². The van der Waals surface area contributed by atoms with Crippen molar-refractivity contribution in [2.75, 3.05) is 6.61 Å². The molecule has 2 aromatic rings. The molecule has 0 saturated carbocycles. The van der Waals surface area contributed by atoms with Crippen LogP contribution in [0.3, 0.4) is 0 Å². The van der Waals surface area contributed by atoms with E-state index in [2.05, 4.69) is 11.2 Å². The molecule has 0 amide bonds. The van der Waals surface area contributed by atoms with Gasteiger partial charge in [-0.25, -0.2) is 4.68 Å². The zero-order chi connectivity index (χ0) is 11.5. The molecule has 87 valence electrons. The van der Waals surface area contributed by atoms with Gasteiger partial charge in [-0.3, -0.25) is 0 Å². The summed E-state index contributed by atoms with van der Waals surface area (Å²) in [7, 11) is 0. The second-order valence-electron chi connectivity index (χ2n) is 4.31. The molecule has 1 aliphatic rings. The quantitative estimate of drug-likeness (QED) is 0.788. The summed E-state index contributed by atoms with van der Waals surface area (Å²) in [6, 6.07) is 11.2. The zero-order valence-corrected chi connectivity index (χ0v) is 9.67. The van der Waals surface area contributed by atoms with Crippen molar-refractivity contribution in [1.29, 1.82) is 0 Å². The van der Waals surface area contributed by atoms with Gasteiger partial charge in [-0.2, -0.15) is 5.10 Å². The average Bonchev–Trinajstić information content (AvgIpc) is 2.90. The number of nitrogens with zero attached hydrogens (tertiary/aromatic N) is 2. The first-order chi connectivity index (χ1) is 8.43. The molecule has 1 radical (unpaired) electrons. The lowest BCUT2D eigenvalue weighted by Crippen LogP contribution is -2.18. The molecule has 0 spiro atoms. The third-order valence-corrected chi connectivity index (χ3v) is 3.07. The van der Waals surface area contributed by atoms with E-state index in [0.717, 1.165) is 30.6 Å². The first-order valence-corrected chi connectivity index (χ1v) is 6.06. The maximum Gasteiger partial charge on any atom is 0.150 e. The van der Waals surface area contributed by atoms with Gasteiger partial charge < -0.3 is 4.74 Å². The van der Waals surface area contributed by atoms with Crippen LogP contribution >= 0.6 is 0 Å². The van der Waals surface area contributed by atoms with Gasteiger partial charge in [0.05, 0.1) is 6.20 Å². The highest BCUT2D eigenvalue weighted by molar-refractivity contribution is 5.60. The molecule has 3 nitrogen and oxygen atoms in total. The monoisotopic (exact) mass is 227 g/mol. The highest BCUT2D eigenvalue weighted by atomic mass is 16.5. The van der Waals surface area contributed by atoms with Crippen LogP contribution in [0.1, 0.15) is 25.5 Å². The van der Waals surface area contributed by atoms with Gasteiger partial charge in [0, 0.05) is 18.4 Å². The molecule has 1 aromatic heterocycles. The summed E-state index contributed by atoms with van der Waals surface area (Å²) in [5.74, 6) is 0. The molecule has 1 aliphatic heterocycles. The van der Waals surface area contributed by atoms with Crippen LogP contribution < -0.4 is 0 Å². The molecule has 1 saturated heterocycles. The molecular weight excluding hydrogens is 212 g/mol. The summed E-state index contributed by atoms with van der Waals surface area (Å²) in [6.45, 7) is 0.845. The maximum atomic E-state index is 5.70. The summed E-state index contributed by atoms with van der Waals surface area (Å²) in [4.78, 5) is 0. The molecule has 0 bridgehead atoms. The second-order valence-corrected chi connectivity index (χ2v) is 4.31. The molecule has 1 atom stereocenters. The molecule has 0 N–H and O–H groups in total. The molecule has 17 heavy (non-hydrogen) atoms. The van der Waals surface area contributed by atoms with Crippen molar-refractivity contribution in [2.24, 2.45) is 0 Å². The normalized spacial score (nSPS) is 20.4. The highest BCUT2D eigenvalue weighted by Gasteiger charge is 2.16. The number of benzene rings is 1. The summed E-state index contributed by atoms with van der Waals surface area (Å²) in [6.07, 6.45) is 7.47. The Bertz CT molecular complexity index is 472. The summed E-state index contributed by atoms with van der Waals surface area (Å²) in [5.41, 5.74) is 2.18. The molecule has 1 unspecified atom stereocenters. The van der Waals surface area contributed by atoms with Crippen LogP contribution in [0.5, 0.6) is 0 Å². The zero-order valence-electron chi connectivity index (χ0n) is 9.67. The fourth-order valence-electron chi connectivity index (χ4n) is 2.14. The maximum absolute atomic E-state index is 5.70. The predicted octanol–water partition coefficient (Wildman–Crippen LogP) is 3.05. The first-order valence-electron chi connectivity index (χ1n) is 6.06. The van der Waals surface area contributed by atoms with Crippen molar-refractivity contribution in [3.05, 3.63) is 42.7 Å². The fraction of sp³-hybridized carbons (Fsp3) is 0.357. The lowest BCUT2D eigenvalue weighted by Gasteiger charge is -2.22. The second kappa shape index (κ2) is 4.72. The van der Waals surface area contributed by atoms with Gasteiger partial charge in [0.1, 0.15) is 6.23 Å². The van der Waals surface area contributed by atoms with E-state index in [-0.39, 0.29) is 6.23 Å². The number of hydrogen-bond donors (Lipinski definition) is 0. The van der Waals surface area contributed by atoms with E-state index >= 15 is 0 Å². The van der Waals surface area contributed by atoms with E-state index < -0.39 is 0 Å². The van der Waals surface area contributed by atoms with E-state index in [0.29, 0.717) is 0 Å². The van der Waals surface area contributed by atoms with Crippen LogP contribution in [0.15, 0.2) is 36.7 Å². The predicted molar refractivity (Wildman–Crippen MR) is 65.3 cm³/mol. The summed E-state index contributed by atoms with van der Waals surface area (Å²) >= 11 is 0. The molecule has 0 aliphatic carbocycles. The van der Waals surface area contributed by atoms with Crippen molar-refractivity contribution in [3.63, 3.8) is 0 Å². The van der Waals surface area contributed by atoms with Gasteiger partial charge in [-0.05, 0) is 30.9 Å². The molecule has 1 fully saturated rings. The van der Waals surface area contributed by atoms with Gasteiger partial charge in [-0.1, -0.05) is 24.3 Å². The largest absolute Gasteiger partial charge is 0.357 e. The Kier molecular flexibility index (Phi) is 2.92. The van der Waals surface area contributed by atoms with Crippen LogP contribution in [0.2, 0.25) is 0 Å². The minimum atomic E-state index is 0.112. The lowest BCUT2D eigenvalue weighted by atomic mass is 10.1. The van der Waals surface area contributed by atoms with Crippen molar-refractivity contribution in [3.8, 4) is 11.1 Å². The van der Waals surface area contributed by atoms with Gasteiger partial charge in [0.25, 0.3) is 0 Å². The van der Waals surface area contributed by atoms with Crippen molar-refractivity contribution in [1.82, 2.24) is 9.78 Å². The molecule has 2 heterocycles. The van der Waals surface area contributed by atoms with Crippen LogP contribution in [-0.2, 0) is 4.74 Å². The minimum Gasteiger partial charge on any atom is -0.357 e. The van der Waals surface area contributed by atoms with Crippen molar-refractivity contribution in [2.45, 2.75) is 25.5 Å². The minimum absolute atomic E-state index is 0.112. The van der Waals surface area contributed by atoms with E-state index in [1.165, 1.54) is 6.42 Å². The first kappa shape index (κ1) is 10.5. The lowest BCUT2D eigenvalue weighted by molar-refractivity contribution is -0.0394.